The number of anilines is 1. The highest BCUT2D eigenvalue weighted by molar-refractivity contribution is 6.06. The van der Waals surface area contributed by atoms with Gasteiger partial charge in [0.25, 0.3) is 0 Å². The van der Waals surface area contributed by atoms with Crippen molar-refractivity contribution in [3.63, 3.8) is 0 Å². The number of aromatic amines is 1. The van der Waals surface area contributed by atoms with Crippen LogP contribution in [0, 0.1) is 0 Å². The summed E-state index contributed by atoms with van der Waals surface area (Å²) in [7, 11) is 0. The lowest BCUT2D eigenvalue weighted by Gasteiger charge is -2.07. The van der Waals surface area contributed by atoms with Gasteiger partial charge in [0.05, 0.1) is 12.1 Å². The van der Waals surface area contributed by atoms with E-state index >= 15 is 0 Å². The van der Waals surface area contributed by atoms with Gasteiger partial charge in [0.1, 0.15) is 12.0 Å². The first-order valence-electron chi connectivity index (χ1n) is 6.45. The quantitative estimate of drug-likeness (QED) is 0.371. The van der Waals surface area contributed by atoms with Crippen molar-refractivity contribution in [3.8, 4) is 0 Å². The van der Waals surface area contributed by atoms with Crippen molar-refractivity contribution in [2.45, 2.75) is 6.92 Å². The fourth-order valence-corrected chi connectivity index (χ4v) is 1.86. The third kappa shape index (κ3) is 3.48. The summed E-state index contributed by atoms with van der Waals surface area (Å²) in [6, 6.07) is 4.56. The van der Waals surface area contributed by atoms with Gasteiger partial charge in [-0.05, 0) is 24.3 Å². The fourth-order valence-electron chi connectivity index (χ4n) is 1.86. The third-order valence-corrected chi connectivity index (χ3v) is 2.89. The first-order valence-corrected chi connectivity index (χ1v) is 6.45. The molecule has 2 rings (SSSR count). The van der Waals surface area contributed by atoms with Crippen LogP contribution in [-0.4, -0.2) is 34.8 Å². The summed E-state index contributed by atoms with van der Waals surface area (Å²) in [5.41, 5.74) is 7.25. The number of aldehydes is 1. The van der Waals surface area contributed by atoms with Gasteiger partial charge in [-0.1, -0.05) is 0 Å². The Morgan fingerprint density at radius 1 is 1.41 bits per heavy atom. The highest BCUT2D eigenvalue weighted by Crippen LogP contribution is 2.20. The standard InChI is InChI=1S/C14H15N5O3/c1-8(21)13-11-6-10(2-3-12(11)18-19-13)17-14(22)16-7-9(15)4-5-20/h2-6H,7,15H2,1H3,(H,18,19)(H2,16,17,22)/b9-4-. The molecule has 0 saturated carbocycles. The maximum atomic E-state index is 11.7. The maximum Gasteiger partial charge on any atom is 0.319 e. The topological polar surface area (TPSA) is 130 Å². The molecule has 114 valence electrons. The lowest BCUT2D eigenvalue weighted by molar-refractivity contribution is -0.104. The van der Waals surface area contributed by atoms with Gasteiger partial charge < -0.3 is 16.4 Å². The van der Waals surface area contributed by atoms with E-state index in [0.717, 1.165) is 6.08 Å². The van der Waals surface area contributed by atoms with Crippen LogP contribution in [0.4, 0.5) is 10.5 Å². The second-order valence-electron chi connectivity index (χ2n) is 4.57. The molecule has 0 bridgehead atoms. The second kappa shape index (κ2) is 6.53. The number of urea groups is 1. The number of nitrogens with one attached hydrogen (secondary N) is 3. The third-order valence-electron chi connectivity index (χ3n) is 2.89. The lowest BCUT2D eigenvalue weighted by atomic mass is 10.1. The Kier molecular flexibility index (Phi) is 4.52. The second-order valence-corrected chi connectivity index (χ2v) is 4.57. The molecule has 0 aliphatic heterocycles. The zero-order valence-electron chi connectivity index (χ0n) is 11.8. The van der Waals surface area contributed by atoms with Crippen LogP contribution in [0.25, 0.3) is 10.9 Å². The number of amides is 2. The Hall–Kier alpha value is -3.16. The summed E-state index contributed by atoms with van der Waals surface area (Å²) in [4.78, 5) is 33.4. The van der Waals surface area contributed by atoms with Crippen LogP contribution in [0.3, 0.4) is 0 Å². The van der Waals surface area contributed by atoms with Crippen molar-refractivity contribution >= 4 is 34.7 Å². The molecule has 0 spiro atoms. The largest absolute Gasteiger partial charge is 0.400 e. The molecule has 22 heavy (non-hydrogen) atoms. The Morgan fingerprint density at radius 2 is 2.18 bits per heavy atom. The number of benzene rings is 1. The van der Waals surface area contributed by atoms with Gasteiger partial charge >= 0.3 is 6.03 Å². The summed E-state index contributed by atoms with van der Waals surface area (Å²) >= 11 is 0. The normalized spacial score (nSPS) is 11.2. The molecule has 5 N–H and O–H groups in total. The van der Waals surface area contributed by atoms with E-state index in [9.17, 15) is 14.4 Å². The Labute approximate surface area is 125 Å². The number of aromatic nitrogens is 2. The molecule has 2 amide bonds. The van der Waals surface area contributed by atoms with Crippen molar-refractivity contribution in [2.75, 3.05) is 11.9 Å². The molecule has 1 aromatic heterocycles. The molecular formula is C14H15N5O3. The molecule has 0 aliphatic rings. The smallest absolute Gasteiger partial charge is 0.319 e. The van der Waals surface area contributed by atoms with Gasteiger partial charge in [-0.3, -0.25) is 14.7 Å². The molecule has 0 fully saturated rings. The van der Waals surface area contributed by atoms with Crippen LogP contribution in [0.2, 0.25) is 0 Å². The number of nitrogens with two attached hydrogens (primary N) is 1. The lowest BCUT2D eigenvalue weighted by Crippen LogP contribution is -2.32. The summed E-state index contributed by atoms with van der Waals surface area (Å²) in [5.74, 6) is -0.167. The molecule has 2 aromatic rings. The Bertz CT molecular complexity index is 763. The Morgan fingerprint density at radius 3 is 2.86 bits per heavy atom. The minimum Gasteiger partial charge on any atom is -0.400 e. The van der Waals surface area contributed by atoms with Gasteiger partial charge in [-0.2, -0.15) is 5.10 Å². The molecule has 0 radical (unpaired) electrons. The van der Waals surface area contributed by atoms with E-state index in [1.54, 1.807) is 18.2 Å². The number of H-pyrrole nitrogens is 1. The van der Waals surface area contributed by atoms with Crippen LogP contribution >= 0.6 is 0 Å². The number of fused-ring (bicyclic) bond motifs is 1. The first kappa shape index (κ1) is 15.2. The van der Waals surface area contributed by atoms with E-state index in [1.165, 1.54) is 6.92 Å². The van der Waals surface area contributed by atoms with E-state index in [4.69, 9.17) is 5.73 Å². The van der Waals surface area contributed by atoms with Crippen LogP contribution in [-0.2, 0) is 4.79 Å². The van der Waals surface area contributed by atoms with E-state index < -0.39 is 6.03 Å². The molecular weight excluding hydrogens is 286 g/mol. The highest BCUT2D eigenvalue weighted by Gasteiger charge is 2.11. The maximum absolute atomic E-state index is 11.7. The predicted octanol–water partition coefficient (Wildman–Crippen LogP) is 0.928. The molecule has 0 unspecified atom stereocenters. The van der Waals surface area contributed by atoms with Crippen LogP contribution in [0.5, 0.6) is 0 Å². The molecule has 1 aromatic carbocycles. The molecule has 1 heterocycles. The van der Waals surface area contributed by atoms with E-state index in [-0.39, 0.29) is 18.0 Å². The number of hydrogen-bond acceptors (Lipinski definition) is 5. The summed E-state index contributed by atoms with van der Waals surface area (Å²) in [5, 5.41) is 12.4. The number of carbonyl (C=O) groups is 3. The molecule has 0 atom stereocenters. The SMILES string of the molecule is CC(=O)c1n[nH]c2ccc(NC(=O)NC/C(N)=C/C=O)cc12. The van der Waals surface area contributed by atoms with E-state index in [1.807, 2.05) is 0 Å². The average molecular weight is 301 g/mol. The molecule has 0 aliphatic carbocycles. The first-order chi connectivity index (χ1) is 10.5. The number of Topliss-reactive ketones (excluding diaryl/α,β-unsaturated/α-hetero) is 1. The minimum atomic E-state index is -0.477. The van der Waals surface area contributed by atoms with Crippen LogP contribution < -0.4 is 16.4 Å². The summed E-state index contributed by atoms with van der Waals surface area (Å²) in [6.45, 7) is 1.47. The van der Waals surface area contributed by atoms with Crippen LogP contribution in [0.1, 0.15) is 17.4 Å². The van der Waals surface area contributed by atoms with Crippen molar-refractivity contribution in [1.29, 1.82) is 0 Å². The van der Waals surface area contributed by atoms with Gasteiger partial charge in [0.2, 0.25) is 0 Å². The fraction of sp³-hybridized carbons (Fsp3) is 0.143. The molecule has 0 saturated heterocycles. The van der Waals surface area contributed by atoms with Crippen molar-refractivity contribution in [1.82, 2.24) is 15.5 Å². The Balaban J connectivity index is 2.09. The summed E-state index contributed by atoms with van der Waals surface area (Å²) in [6.07, 6.45) is 1.71. The van der Waals surface area contributed by atoms with Crippen molar-refractivity contribution in [3.05, 3.63) is 35.7 Å². The van der Waals surface area contributed by atoms with E-state index in [2.05, 4.69) is 20.8 Å². The number of carbonyl (C=O) groups excluding carboxylic acids is 3. The van der Waals surface area contributed by atoms with Crippen LogP contribution in [0.15, 0.2) is 30.0 Å². The average Bonchev–Trinajstić information content (AvgIpc) is 2.89. The minimum absolute atomic E-state index is 0.0528. The predicted molar refractivity (Wildman–Crippen MR) is 81.5 cm³/mol. The van der Waals surface area contributed by atoms with Gasteiger partial charge in [0.15, 0.2) is 5.78 Å². The number of hydrogen-bond donors (Lipinski definition) is 4. The van der Waals surface area contributed by atoms with E-state index in [0.29, 0.717) is 28.6 Å². The zero-order chi connectivity index (χ0) is 16.1. The number of ketones is 1. The van der Waals surface area contributed by atoms with Crippen molar-refractivity contribution in [2.24, 2.45) is 5.73 Å². The number of rotatable bonds is 5. The van der Waals surface area contributed by atoms with Gasteiger partial charge in [0, 0.05) is 23.7 Å². The molecule has 8 nitrogen and oxygen atoms in total. The number of nitrogens with zero attached hydrogens (tertiary/aromatic N) is 1. The summed E-state index contributed by atoms with van der Waals surface area (Å²) < 4.78 is 0. The zero-order valence-corrected chi connectivity index (χ0v) is 11.8. The van der Waals surface area contributed by atoms with Gasteiger partial charge in [-0.15, -0.1) is 0 Å². The van der Waals surface area contributed by atoms with Gasteiger partial charge in [-0.25, -0.2) is 4.79 Å². The number of allylic oxidation sites excluding steroid dienone is 1. The van der Waals surface area contributed by atoms with Crippen molar-refractivity contribution < 1.29 is 14.4 Å². The highest BCUT2D eigenvalue weighted by atomic mass is 16.2. The monoisotopic (exact) mass is 301 g/mol. The molecule has 8 heteroatoms.